The minimum absolute atomic E-state index is 0.615. The third-order valence-electron chi connectivity index (χ3n) is 4.29. The first-order valence-corrected chi connectivity index (χ1v) is 8.37. The Bertz CT molecular complexity index is 1040. The van der Waals surface area contributed by atoms with Gasteiger partial charge >= 0.3 is 0 Å². The zero-order valence-electron chi connectivity index (χ0n) is 14.3. The maximum Gasteiger partial charge on any atom is 0.228 e. The van der Waals surface area contributed by atoms with Gasteiger partial charge in [-0.15, -0.1) is 0 Å². The van der Waals surface area contributed by atoms with Crippen LogP contribution in [0.2, 0.25) is 0 Å². The van der Waals surface area contributed by atoms with Gasteiger partial charge < -0.3 is 5.32 Å². The summed E-state index contributed by atoms with van der Waals surface area (Å²) in [5, 5.41) is 4.44. The van der Waals surface area contributed by atoms with Crippen LogP contribution in [0.15, 0.2) is 72.8 Å². The van der Waals surface area contributed by atoms with Gasteiger partial charge in [0.1, 0.15) is 0 Å². The van der Waals surface area contributed by atoms with Crippen molar-refractivity contribution in [2.75, 3.05) is 5.32 Å². The highest BCUT2D eigenvalue weighted by Crippen LogP contribution is 2.29. The summed E-state index contributed by atoms with van der Waals surface area (Å²) in [5.41, 5.74) is 6.37. The van der Waals surface area contributed by atoms with E-state index in [-0.39, 0.29) is 0 Å². The highest BCUT2D eigenvalue weighted by Gasteiger charge is 2.11. The maximum absolute atomic E-state index is 4.83. The van der Waals surface area contributed by atoms with E-state index in [1.807, 2.05) is 36.4 Å². The minimum Gasteiger partial charge on any atom is -0.324 e. The third kappa shape index (κ3) is 3.09. The number of nitrogens with one attached hydrogen (secondary N) is 1. The molecule has 0 fully saturated rings. The first kappa shape index (κ1) is 15.3. The Morgan fingerprint density at radius 1 is 0.760 bits per heavy atom. The smallest absolute Gasteiger partial charge is 0.228 e. The fraction of sp³-hybridized carbons (Fsp3) is 0.0909. The third-order valence-corrected chi connectivity index (χ3v) is 4.29. The largest absolute Gasteiger partial charge is 0.324 e. The lowest BCUT2D eigenvalue weighted by Crippen LogP contribution is -2.01. The minimum atomic E-state index is 0.615. The van der Waals surface area contributed by atoms with Gasteiger partial charge in [0.25, 0.3) is 0 Å². The molecule has 1 N–H and O–H groups in total. The van der Waals surface area contributed by atoms with Gasteiger partial charge in [0.15, 0.2) is 0 Å². The summed E-state index contributed by atoms with van der Waals surface area (Å²) in [6, 6.07) is 24.7. The van der Waals surface area contributed by atoms with E-state index < -0.39 is 0 Å². The predicted molar refractivity (Wildman–Crippen MR) is 104 cm³/mol. The van der Waals surface area contributed by atoms with Crippen molar-refractivity contribution in [1.82, 2.24) is 9.97 Å². The summed E-state index contributed by atoms with van der Waals surface area (Å²) in [7, 11) is 0. The average Bonchev–Trinajstić information content (AvgIpc) is 2.64. The Morgan fingerprint density at radius 2 is 1.52 bits per heavy atom. The molecule has 0 bridgehead atoms. The number of rotatable bonds is 3. The number of hydrogen-bond acceptors (Lipinski definition) is 3. The number of benzene rings is 3. The van der Waals surface area contributed by atoms with E-state index in [1.54, 1.807) is 0 Å². The monoisotopic (exact) mass is 325 g/mol. The second kappa shape index (κ2) is 6.36. The van der Waals surface area contributed by atoms with Crippen LogP contribution in [0.1, 0.15) is 11.1 Å². The zero-order chi connectivity index (χ0) is 17.2. The molecule has 0 radical (unpaired) electrons. The van der Waals surface area contributed by atoms with Crippen LogP contribution < -0.4 is 5.32 Å². The van der Waals surface area contributed by atoms with Gasteiger partial charge in [-0.05, 0) is 37.6 Å². The van der Waals surface area contributed by atoms with Crippen molar-refractivity contribution < 1.29 is 0 Å². The predicted octanol–water partition coefficient (Wildman–Crippen LogP) is 5.66. The molecule has 0 saturated heterocycles. The SMILES string of the molecule is Cc1ccc2nc(Nc3ccccc3C)nc(-c3ccccc3)c2c1. The number of aryl methyl sites for hydroxylation is 2. The summed E-state index contributed by atoms with van der Waals surface area (Å²) in [4.78, 5) is 9.54. The molecule has 0 spiro atoms. The Morgan fingerprint density at radius 3 is 2.32 bits per heavy atom. The molecule has 4 rings (SSSR count). The van der Waals surface area contributed by atoms with Crippen LogP contribution in [0, 0.1) is 13.8 Å². The number of hydrogen-bond donors (Lipinski definition) is 1. The fourth-order valence-corrected chi connectivity index (χ4v) is 2.95. The molecule has 0 aliphatic carbocycles. The Kier molecular flexibility index (Phi) is 3.90. The molecule has 0 unspecified atom stereocenters. The van der Waals surface area contributed by atoms with Crippen molar-refractivity contribution in [3.8, 4) is 11.3 Å². The van der Waals surface area contributed by atoms with E-state index in [9.17, 15) is 0 Å². The summed E-state index contributed by atoms with van der Waals surface area (Å²) in [6.07, 6.45) is 0. The van der Waals surface area contributed by atoms with E-state index in [0.717, 1.165) is 33.4 Å². The number of fused-ring (bicyclic) bond motifs is 1. The van der Waals surface area contributed by atoms with Crippen molar-refractivity contribution in [2.45, 2.75) is 13.8 Å². The standard InChI is InChI=1S/C22H19N3/c1-15-12-13-20-18(14-15)21(17-9-4-3-5-10-17)25-22(24-20)23-19-11-7-6-8-16(19)2/h3-14H,1-2H3,(H,23,24,25). The zero-order valence-corrected chi connectivity index (χ0v) is 14.3. The molecule has 1 aromatic heterocycles. The average molecular weight is 325 g/mol. The molecule has 0 atom stereocenters. The van der Waals surface area contributed by atoms with Crippen LogP contribution in [0.4, 0.5) is 11.6 Å². The summed E-state index contributed by atoms with van der Waals surface area (Å²) in [5.74, 6) is 0.615. The van der Waals surface area contributed by atoms with E-state index >= 15 is 0 Å². The van der Waals surface area contributed by atoms with Gasteiger partial charge in [-0.2, -0.15) is 0 Å². The lowest BCUT2D eigenvalue weighted by Gasteiger charge is -2.12. The highest BCUT2D eigenvalue weighted by molar-refractivity contribution is 5.93. The normalized spacial score (nSPS) is 10.8. The van der Waals surface area contributed by atoms with E-state index in [4.69, 9.17) is 9.97 Å². The molecule has 25 heavy (non-hydrogen) atoms. The molecule has 3 nitrogen and oxygen atoms in total. The van der Waals surface area contributed by atoms with Crippen LogP contribution in [-0.2, 0) is 0 Å². The van der Waals surface area contributed by atoms with Crippen LogP contribution in [-0.4, -0.2) is 9.97 Å². The molecule has 4 aromatic rings. The van der Waals surface area contributed by atoms with Gasteiger partial charge in [0.2, 0.25) is 5.95 Å². The van der Waals surface area contributed by atoms with Crippen LogP contribution in [0.25, 0.3) is 22.2 Å². The van der Waals surface area contributed by atoms with Crippen LogP contribution in [0.3, 0.4) is 0 Å². The van der Waals surface area contributed by atoms with Gasteiger partial charge in [-0.3, -0.25) is 0 Å². The Hall–Kier alpha value is -3.20. The number of aromatic nitrogens is 2. The van der Waals surface area contributed by atoms with Crippen LogP contribution in [0.5, 0.6) is 0 Å². The van der Waals surface area contributed by atoms with Crippen molar-refractivity contribution in [3.63, 3.8) is 0 Å². The van der Waals surface area contributed by atoms with Crippen molar-refractivity contribution in [2.24, 2.45) is 0 Å². The maximum atomic E-state index is 4.83. The molecule has 0 amide bonds. The summed E-state index contributed by atoms with van der Waals surface area (Å²) in [6.45, 7) is 4.17. The second-order valence-corrected chi connectivity index (χ2v) is 6.22. The van der Waals surface area contributed by atoms with Gasteiger partial charge in [0, 0.05) is 16.6 Å². The highest BCUT2D eigenvalue weighted by atomic mass is 15.1. The van der Waals surface area contributed by atoms with Gasteiger partial charge in [-0.1, -0.05) is 60.2 Å². The Labute approximate surface area is 147 Å². The number of nitrogens with zero attached hydrogens (tertiary/aromatic N) is 2. The second-order valence-electron chi connectivity index (χ2n) is 6.22. The van der Waals surface area contributed by atoms with Gasteiger partial charge in [-0.25, -0.2) is 9.97 Å². The van der Waals surface area contributed by atoms with Crippen molar-refractivity contribution in [1.29, 1.82) is 0 Å². The molecule has 1 heterocycles. The van der Waals surface area contributed by atoms with Crippen molar-refractivity contribution in [3.05, 3.63) is 83.9 Å². The Balaban J connectivity index is 1.89. The number of anilines is 2. The molecule has 3 heteroatoms. The van der Waals surface area contributed by atoms with Crippen LogP contribution >= 0.6 is 0 Å². The fourth-order valence-electron chi connectivity index (χ4n) is 2.95. The molecule has 0 aliphatic rings. The molecule has 0 aliphatic heterocycles. The molecular weight excluding hydrogens is 306 g/mol. The first-order chi connectivity index (χ1) is 12.2. The molecule has 122 valence electrons. The van der Waals surface area contributed by atoms with E-state index in [2.05, 4.69) is 55.6 Å². The lowest BCUT2D eigenvalue weighted by molar-refractivity contribution is 1.21. The van der Waals surface area contributed by atoms with E-state index in [0.29, 0.717) is 5.95 Å². The van der Waals surface area contributed by atoms with Crippen molar-refractivity contribution >= 4 is 22.5 Å². The molecule has 0 saturated carbocycles. The first-order valence-electron chi connectivity index (χ1n) is 8.37. The molecule has 3 aromatic carbocycles. The number of para-hydroxylation sites is 1. The topological polar surface area (TPSA) is 37.8 Å². The summed E-state index contributed by atoms with van der Waals surface area (Å²) >= 11 is 0. The molecular formula is C22H19N3. The lowest BCUT2D eigenvalue weighted by atomic mass is 10.0. The summed E-state index contributed by atoms with van der Waals surface area (Å²) < 4.78 is 0. The quantitative estimate of drug-likeness (QED) is 0.528. The van der Waals surface area contributed by atoms with Gasteiger partial charge in [0.05, 0.1) is 11.2 Å². The van der Waals surface area contributed by atoms with E-state index in [1.165, 1.54) is 5.56 Å².